The lowest BCUT2D eigenvalue weighted by molar-refractivity contribution is -0.0294. The average Bonchev–Trinajstić information content (AvgIpc) is 3.39. The van der Waals surface area contributed by atoms with Crippen molar-refractivity contribution in [3.8, 4) is 6.07 Å². The Labute approximate surface area is 237 Å². The Morgan fingerprint density at radius 1 is 1.17 bits per heavy atom. The summed E-state index contributed by atoms with van der Waals surface area (Å²) in [4.78, 5) is 7.75. The van der Waals surface area contributed by atoms with Gasteiger partial charge in [-0.3, -0.25) is 4.98 Å². The molecule has 6 rings (SSSR count). The van der Waals surface area contributed by atoms with Crippen LogP contribution in [-0.2, 0) is 4.74 Å². The summed E-state index contributed by atoms with van der Waals surface area (Å²) in [7, 11) is 0. The van der Waals surface area contributed by atoms with E-state index >= 15 is 0 Å². The Kier molecular flexibility index (Phi) is 6.84. The summed E-state index contributed by atoms with van der Waals surface area (Å²) in [6, 6.07) is 6.06. The van der Waals surface area contributed by atoms with Gasteiger partial charge in [-0.15, -0.1) is 5.10 Å². The quantitative estimate of drug-likeness (QED) is 0.245. The number of hydrogen-bond acceptors (Lipinski definition) is 8. The smallest absolute Gasteiger partial charge is 0.249 e. The van der Waals surface area contributed by atoms with Crippen LogP contribution in [0.1, 0.15) is 36.7 Å². The second kappa shape index (κ2) is 10.5. The number of benzene rings is 1. The molecule has 1 aliphatic heterocycles. The van der Waals surface area contributed by atoms with E-state index in [0.29, 0.717) is 41.9 Å². The highest BCUT2D eigenvalue weighted by Gasteiger charge is 2.37. The van der Waals surface area contributed by atoms with Crippen LogP contribution < -0.4 is 10.6 Å². The fourth-order valence-electron chi connectivity index (χ4n) is 4.85. The molecule has 2 atom stereocenters. The molecule has 4 heterocycles. The Morgan fingerprint density at radius 3 is 2.68 bits per heavy atom. The maximum Gasteiger partial charge on any atom is 0.249 e. The number of rotatable bonds is 7. The molecule has 3 aromatic heterocycles. The normalized spacial score (nSPS) is 19.4. The van der Waals surface area contributed by atoms with Gasteiger partial charge in [0.25, 0.3) is 0 Å². The van der Waals surface area contributed by atoms with Crippen molar-refractivity contribution < 1.29 is 17.9 Å². The average molecular weight is 579 g/mol. The number of hydrogen-bond donors (Lipinski definition) is 2. The number of fused-ring (bicyclic) bond motifs is 1. The molecular formula is C28H22ClF3N8O. The highest BCUT2D eigenvalue weighted by atomic mass is 35.5. The van der Waals surface area contributed by atoms with Gasteiger partial charge in [0.2, 0.25) is 5.95 Å². The van der Waals surface area contributed by atoms with Crippen LogP contribution in [0, 0.1) is 28.5 Å². The molecule has 2 N–H and O–H groups in total. The predicted octanol–water partition coefficient (Wildman–Crippen LogP) is 6.31. The van der Waals surface area contributed by atoms with Gasteiger partial charge in [-0.2, -0.15) is 9.65 Å². The van der Waals surface area contributed by atoms with E-state index in [1.54, 1.807) is 22.9 Å². The van der Waals surface area contributed by atoms with Crippen molar-refractivity contribution in [3.63, 3.8) is 0 Å². The molecule has 1 aliphatic carbocycles. The first-order valence-electron chi connectivity index (χ1n) is 12.7. The fourth-order valence-corrected chi connectivity index (χ4v) is 5.12. The van der Waals surface area contributed by atoms with Crippen molar-refractivity contribution in [3.05, 3.63) is 88.9 Å². The Bertz CT molecular complexity index is 1760. The van der Waals surface area contributed by atoms with Crippen LogP contribution in [0.15, 0.2) is 60.8 Å². The van der Waals surface area contributed by atoms with Crippen LogP contribution in [0.25, 0.3) is 10.9 Å². The molecule has 0 bridgehead atoms. The van der Waals surface area contributed by atoms with Crippen molar-refractivity contribution in [2.24, 2.45) is 5.41 Å². The van der Waals surface area contributed by atoms with E-state index in [4.69, 9.17) is 16.3 Å². The number of pyridine rings is 2. The third-order valence-corrected chi connectivity index (χ3v) is 7.55. The van der Waals surface area contributed by atoms with Crippen LogP contribution in [0.3, 0.4) is 0 Å². The predicted molar refractivity (Wildman–Crippen MR) is 146 cm³/mol. The monoisotopic (exact) mass is 578 g/mol. The van der Waals surface area contributed by atoms with Crippen molar-refractivity contribution >= 4 is 39.6 Å². The molecule has 0 amide bonds. The maximum absolute atomic E-state index is 14.0. The van der Waals surface area contributed by atoms with Crippen molar-refractivity contribution in [2.45, 2.75) is 25.4 Å². The largest absolute Gasteiger partial charge is 0.377 e. The first-order valence-corrected chi connectivity index (χ1v) is 13.0. The van der Waals surface area contributed by atoms with E-state index < -0.39 is 23.2 Å². The van der Waals surface area contributed by atoms with Gasteiger partial charge in [0.1, 0.15) is 23.6 Å². The van der Waals surface area contributed by atoms with E-state index in [0.717, 1.165) is 12.3 Å². The molecule has 1 saturated heterocycles. The summed E-state index contributed by atoms with van der Waals surface area (Å²) >= 11 is 6.67. The van der Waals surface area contributed by atoms with Gasteiger partial charge in [-0.25, -0.2) is 18.4 Å². The number of anilines is 3. The first-order chi connectivity index (χ1) is 19.7. The minimum Gasteiger partial charge on any atom is -0.377 e. The minimum absolute atomic E-state index is 0.0916. The van der Waals surface area contributed by atoms with Crippen molar-refractivity contribution in [1.29, 1.82) is 5.26 Å². The third-order valence-electron chi connectivity index (χ3n) is 7.26. The van der Waals surface area contributed by atoms with Crippen LogP contribution in [0.2, 0.25) is 5.02 Å². The van der Waals surface area contributed by atoms with Gasteiger partial charge in [-0.1, -0.05) is 29.8 Å². The second-order valence-electron chi connectivity index (χ2n) is 10.2. The summed E-state index contributed by atoms with van der Waals surface area (Å²) in [5.41, 5.74) is 1.55. The maximum atomic E-state index is 14.0. The molecule has 13 heteroatoms. The zero-order valence-corrected chi connectivity index (χ0v) is 22.3. The summed E-state index contributed by atoms with van der Waals surface area (Å²) in [6.07, 6.45) is 9.45. The molecule has 2 aliphatic rings. The van der Waals surface area contributed by atoms with Gasteiger partial charge >= 0.3 is 0 Å². The molecule has 0 spiro atoms. The van der Waals surface area contributed by atoms with Gasteiger partial charge in [0.15, 0.2) is 5.82 Å². The highest BCUT2D eigenvalue weighted by molar-refractivity contribution is 6.36. The molecule has 41 heavy (non-hydrogen) atoms. The number of nitrogens with one attached hydrogen (secondary N) is 2. The third kappa shape index (κ3) is 5.10. The molecule has 1 fully saturated rings. The SMILES string of the molecule is CC1([C@H](Nc2cc(Cl)c3ncc(C#N)c(Nc4cnc(F)c(F)c4)c3c2)c2cn(C3COC3)nn2)C=CC(F)=CC1. The summed E-state index contributed by atoms with van der Waals surface area (Å²) in [6.45, 7) is 3.07. The fraction of sp³-hybridized carbons (Fsp3) is 0.250. The molecule has 0 saturated carbocycles. The molecule has 1 aromatic carbocycles. The standard InChI is InChI=1S/C28H22ClF3N8O/c1-28(4-2-16(30)3-5-28)26(23-12-40(39-38-23)19-13-41-14-19)37-17-6-20-24(36-18-8-22(31)27(32)35-11-18)15(9-33)10-34-25(20)21(29)7-17/h2-4,6-8,10-12,19,26,37H,5,13-14H2,1H3,(H,34,36)/t26-,28?/m1/s1. The van der Waals surface area contributed by atoms with Crippen LogP contribution >= 0.6 is 11.6 Å². The van der Waals surface area contributed by atoms with E-state index in [2.05, 4.69) is 37.0 Å². The molecule has 0 radical (unpaired) electrons. The molecule has 9 nitrogen and oxygen atoms in total. The molecule has 4 aromatic rings. The highest BCUT2D eigenvalue weighted by Crippen LogP contribution is 2.44. The number of nitriles is 1. The van der Waals surface area contributed by atoms with Crippen molar-refractivity contribution in [2.75, 3.05) is 23.8 Å². The Balaban J connectivity index is 1.43. The van der Waals surface area contributed by atoms with Crippen LogP contribution in [0.4, 0.5) is 30.2 Å². The zero-order valence-electron chi connectivity index (χ0n) is 21.6. The first kappa shape index (κ1) is 26.7. The Morgan fingerprint density at radius 2 is 2.00 bits per heavy atom. The van der Waals surface area contributed by atoms with Crippen LogP contribution in [-0.4, -0.2) is 38.2 Å². The van der Waals surface area contributed by atoms with E-state index in [1.807, 2.05) is 13.1 Å². The second-order valence-corrected chi connectivity index (χ2v) is 10.6. The summed E-state index contributed by atoms with van der Waals surface area (Å²) in [5.74, 6) is -2.70. The van der Waals surface area contributed by atoms with E-state index in [9.17, 15) is 18.4 Å². The van der Waals surface area contributed by atoms with Gasteiger partial charge in [0.05, 0.1) is 59.1 Å². The number of halogens is 4. The molecule has 208 valence electrons. The van der Waals surface area contributed by atoms with Crippen molar-refractivity contribution in [1.82, 2.24) is 25.0 Å². The van der Waals surface area contributed by atoms with E-state index in [-0.39, 0.29) is 33.8 Å². The molecular weight excluding hydrogens is 557 g/mol. The summed E-state index contributed by atoms with van der Waals surface area (Å²) in [5, 5.41) is 25.7. The topological polar surface area (TPSA) is 114 Å². The lowest BCUT2D eigenvalue weighted by atomic mass is 9.75. The number of nitrogens with zero attached hydrogens (tertiary/aromatic N) is 6. The lowest BCUT2D eigenvalue weighted by Crippen LogP contribution is -2.32. The number of aromatic nitrogens is 5. The summed E-state index contributed by atoms with van der Waals surface area (Å²) < 4.78 is 48.3. The van der Waals surface area contributed by atoms with E-state index in [1.165, 1.54) is 18.3 Å². The molecule has 1 unspecified atom stereocenters. The number of ether oxygens (including phenoxy) is 1. The zero-order chi connectivity index (χ0) is 28.7. The van der Waals surface area contributed by atoms with Crippen LogP contribution in [0.5, 0.6) is 0 Å². The van der Waals surface area contributed by atoms with Gasteiger partial charge in [0, 0.05) is 28.8 Å². The Hall–Kier alpha value is -4.47. The van der Waals surface area contributed by atoms with Gasteiger partial charge < -0.3 is 15.4 Å². The lowest BCUT2D eigenvalue weighted by Gasteiger charge is -2.36. The van der Waals surface area contributed by atoms with Gasteiger partial charge in [-0.05, 0) is 30.7 Å². The number of allylic oxidation sites excluding steroid dienone is 3. The minimum atomic E-state index is -1.24.